The Labute approximate surface area is 96.2 Å². The maximum Gasteiger partial charge on any atom is 0.341 e. The van der Waals surface area contributed by atoms with E-state index in [2.05, 4.69) is 5.32 Å². The van der Waals surface area contributed by atoms with Crippen molar-refractivity contribution in [2.24, 2.45) is 0 Å². The Hall–Kier alpha value is -1.53. The number of aromatic carboxylic acids is 1. The SMILES string of the molecule is O=C(O)c1c(F)cc(C2CNCCO2)cc1F. The van der Waals surface area contributed by atoms with Crippen LogP contribution in [-0.2, 0) is 4.74 Å². The maximum absolute atomic E-state index is 13.4. The van der Waals surface area contributed by atoms with E-state index < -0.39 is 29.3 Å². The minimum atomic E-state index is -1.62. The van der Waals surface area contributed by atoms with E-state index >= 15 is 0 Å². The second kappa shape index (κ2) is 4.77. The molecule has 1 unspecified atom stereocenters. The van der Waals surface area contributed by atoms with Gasteiger partial charge in [-0.15, -0.1) is 0 Å². The third kappa shape index (κ3) is 2.42. The number of carboxylic acid groups (broad SMARTS) is 1. The first-order chi connectivity index (χ1) is 8.09. The number of halogens is 2. The molecule has 0 bridgehead atoms. The molecule has 1 atom stereocenters. The highest BCUT2D eigenvalue weighted by Crippen LogP contribution is 2.23. The van der Waals surface area contributed by atoms with Crippen molar-refractivity contribution in [3.8, 4) is 0 Å². The number of carbonyl (C=O) groups is 1. The molecule has 4 nitrogen and oxygen atoms in total. The molecule has 1 fully saturated rings. The van der Waals surface area contributed by atoms with Crippen molar-refractivity contribution in [1.82, 2.24) is 5.32 Å². The number of nitrogens with one attached hydrogen (secondary N) is 1. The molecule has 0 saturated carbocycles. The summed E-state index contributed by atoms with van der Waals surface area (Å²) >= 11 is 0. The number of hydrogen-bond donors (Lipinski definition) is 2. The Morgan fingerprint density at radius 3 is 2.53 bits per heavy atom. The number of carboxylic acids is 1. The molecule has 2 rings (SSSR count). The first-order valence-corrected chi connectivity index (χ1v) is 5.14. The van der Waals surface area contributed by atoms with Crippen LogP contribution in [-0.4, -0.2) is 30.8 Å². The van der Waals surface area contributed by atoms with E-state index in [1.165, 1.54) is 0 Å². The van der Waals surface area contributed by atoms with Crippen LogP contribution in [0.4, 0.5) is 8.78 Å². The van der Waals surface area contributed by atoms with Crippen LogP contribution < -0.4 is 5.32 Å². The average Bonchev–Trinajstić information content (AvgIpc) is 2.28. The summed E-state index contributed by atoms with van der Waals surface area (Å²) < 4.78 is 32.2. The Morgan fingerprint density at radius 2 is 2.06 bits per heavy atom. The molecule has 0 amide bonds. The van der Waals surface area contributed by atoms with Crippen LogP contribution in [0.3, 0.4) is 0 Å². The summed E-state index contributed by atoms with van der Waals surface area (Å²) in [5.41, 5.74) is -0.630. The van der Waals surface area contributed by atoms with Gasteiger partial charge in [-0.25, -0.2) is 13.6 Å². The molecular weight excluding hydrogens is 232 g/mol. The quantitative estimate of drug-likeness (QED) is 0.822. The lowest BCUT2D eigenvalue weighted by molar-refractivity contribution is 0.0272. The largest absolute Gasteiger partial charge is 0.477 e. The molecule has 0 aromatic heterocycles. The molecular formula is C11H11F2NO3. The normalized spacial score (nSPS) is 20.2. The number of ether oxygens (including phenoxy) is 1. The summed E-state index contributed by atoms with van der Waals surface area (Å²) in [7, 11) is 0. The molecule has 17 heavy (non-hydrogen) atoms. The number of benzene rings is 1. The van der Waals surface area contributed by atoms with Crippen LogP contribution in [0.25, 0.3) is 0 Å². The second-order valence-corrected chi connectivity index (χ2v) is 3.73. The van der Waals surface area contributed by atoms with E-state index in [0.717, 1.165) is 12.1 Å². The molecule has 1 aromatic carbocycles. The highest BCUT2D eigenvalue weighted by atomic mass is 19.1. The van der Waals surface area contributed by atoms with Crippen molar-refractivity contribution < 1.29 is 23.4 Å². The number of rotatable bonds is 2. The van der Waals surface area contributed by atoms with Gasteiger partial charge in [0.05, 0.1) is 12.7 Å². The molecule has 1 heterocycles. The van der Waals surface area contributed by atoms with Crippen LogP contribution >= 0.6 is 0 Å². The van der Waals surface area contributed by atoms with E-state index in [0.29, 0.717) is 25.3 Å². The van der Waals surface area contributed by atoms with Crippen LogP contribution in [0.15, 0.2) is 12.1 Å². The minimum absolute atomic E-state index is 0.303. The number of morpholine rings is 1. The van der Waals surface area contributed by atoms with Gasteiger partial charge >= 0.3 is 5.97 Å². The summed E-state index contributed by atoms with van der Waals surface area (Å²) in [5, 5.41) is 11.6. The lowest BCUT2D eigenvalue weighted by atomic mass is 10.0. The summed E-state index contributed by atoms with van der Waals surface area (Å²) in [6.45, 7) is 1.59. The molecule has 92 valence electrons. The van der Waals surface area contributed by atoms with E-state index in [-0.39, 0.29) is 0 Å². The smallest absolute Gasteiger partial charge is 0.341 e. The zero-order valence-electron chi connectivity index (χ0n) is 8.87. The Morgan fingerprint density at radius 1 is 1.41 bits per heavy atom. The van der Waals surface area contributed by atoms with Crippen molar-refractivity contribution in [2.75, 3.05) is 19.7 Å². The van der Waals surface area contributed by atoms with Crippen molar-refractivity contribution in [3.05, 3.63) is 34.9 Å². The van der Waals surface area contributed by atoms with Crippen LogP contribution in [0.2, 0.25) is 0 Å². The van der Waals surface area contributed by atoms with Gasteiger partial charge in [0.2, 0.25) is 0 Å². The van der Waals surface area contributed by atoms with Crippen LogP contribution in [0, 0.1) is 11.6 Å². The van der Waals surface area contributed by atoms with Gasteiger partial charge in [0.1, 0.15) is 17.2 Å². The molecule has 1 aliphatic heterocycles. The van der Waals surface area contributed by atoms with E-state index in [1.54, 1.807) is 0 Å². The lowest BCUT2D eigenvalue weighted by Crippen LogP contribution is -2.33. The van der Waals surface area contributed by atoms with Crippen molar-refractivity contribution in [2.45, 2.75) is 6.10 Å². The fraction of sp³-hybridized carbons (Fsp3) is 0.364. The Bertz CT molecular complexity index is 421. The van der Waals surface area contributed by atoms with E-state index in [1.807, 2.05) is 0 Å². The predicted molar refractivity (Wildman–Crippen MR) is 54.9 cm³/mol. The fourth-order valence-corrected chi connectivity index (χ4v) is 1.76. The van der Waals surface area contributed by atoms with Gasteiger partial charge in [0.25, 0.3) is 0 Å². The van der Waals surface area contributed by atoms with E-state index in [4.69, 9.17) is 9.84 Å². The molecule has 0 radical (unpaired) electrons. The molecule has 2 N–H and O–H groups in total. The van der Waals surface area contributed by atoms with Crippen molar-refractivity contribution in [3.63, 3.8) is 0 Å². The van der Waals surface area contributed by atoms with Gasteiger partial charge in [-0.1, -0.05) is 0 Å². The minimum Gasteiger partial charge on any atom is -0.477 e. The van der Waals surface area contributed by atoms with E-state index in [9.17, 15) is 13.6 Å². The molecule has 1 saturated heterocycles. The predicted octanol–water partition coefficient (Wildman–Crippen LogP) is 1.32. The topological polar surface area (TPSA) is 58.6 Å². The first-order valence-electron chi connectivity index (χ1n) is 5.14. The van der Waals surface area contributed by atoms with Crippen molar-refractivity contribution >= 4 is 5.97 Å². The summed E-state index contributed by atoms with van der Waals surface area (Å²) in [6, 6.07) is 2.01. The number of hydrogen-bond acceptors (Lipinski definition) is 3. The molecule has 6 heteroatoms. The third-order valence-corrected chi connectivity index (χ3v) is 2.58. The summed E-state index contributed by atoms with van der Waals surface area (Å²) in [6.07, 6.45) is -0.449. The molecule has 1 aliphatic rings. The highest BCUT2D eigenvalue weighted by molar-refractivity contribution is 5.88. The van der Waals surface area contributed by atoms with Crippen LogP contribution in [0.5, 0.6) is 0 Å². The first kappa shape index (κ1) is 11.9. The second-order valence-electron chi connectivity index (χ2n) is 3.73. The molecule has 0 spiro atoms. The van der Waals surface area contributed by atoms with Gasteiger partial charge in [0.15, 0.2) is 0 Å². The van der Waals surface area contributed by atoms with Gasteiger partial charge in [-0.05, 0) is 17.7 Å². The Kier molecular flexibility index (Phi) is 3.35. The standard InChI is InChI=1S/C11H11F2NO3/c12-7-3-6(9-5-14-1-2-17-9)4-8(13)10(7)11(15)16/h3-4,9,14H,1-2,5H2,(H,15,16). The maximum atomic E-state index is 13.4. The lowest BCUT2D eigenvalue weighted by Gasteiger charge is -2.24. The van der Waals surface area contributed by atoms with Gasteiger partial charge < -0.3 is 15.2 Å². The Balaban J connectivity index is 2.34. The summed E-state index contributed by atoms with van der Waals surface area (Å²) in [4.78, 5) is 10.6. The molecule has 0 aliphatic carbocycles. The monoisotopic (exact) mass is 243 g/mol. The van der Waals surface area contributed by atoms with Gasteiger partial charge in [0, 0.05) is 13.1 Å². The van der Waals surface area contributed by atoms with Gasteiger partial charge in [-0.2, -0.15) is 0 Å². The van der Waals surface area contributed by atoms with Crippen molar-refractivity contribution in [1.29, 1.82) is 0 Å². The zero-order valence-corrected chi connectivity index (χ0v) is 8.87. The molecule has 1 aromatic rings. The zero-order chi connectivity index (χ0) is 12.4. The average molecular weight is 243 g/mol. The fourth-order valence-electron chi connectivity index (χ4n) is 1.76. The third-order valence-electron chi connectivity index (χ3n) is 2.58. The van der Waals surface area contributed by atoms with Gasteiger partial charge in [-0.3, -0.25) is 0 Å². The summed E-state index contributed by atoms with van der Waals surface area (Å²) in [5.74, 6) is -3.78. The highest BCUT2D eigenvalue weighted by Gasteiger charge is 2.22. The van der Waals surface area contributed by atoms with Crippen LogP contribution in [0.1, 0.15) is 22.0 Å².